The highest BCUT2D eigenvalue weighted by atomic mass is 79.9. The second kappa shape index (κ2) is 9.32. The molecule has 6 nitrogen and oxygen atoms in total. The summed E-state index contributed by atoms with van der Waals surface area (Å²) in [4.78, 5) is 11.7. The van der Waals surface area contributed by atoms with Crippen LogP contribution in [0.4, 0.5) is 0 Å². The van der Waals surface area contributed by atoms with Gasteiger partial charge >= 0.3 is 0 Å². The van der Waals surface area contributed by atoms with Crippen LogP contribution in [-0.4, -0.2) is 53.2 Å². The van der Waals surface area contributed by atoms with Gasteiger partial charge in [0.2, 0.25) is 5.91 Å². The van der Waals surface area contributed by atoms with Crippen molar-refractivity contribution in [3.63, 3.8) is 0 Å². The smallest absolute Gasteiger partial charge is 0.220 e. The standard InChI is InChI=1S/C14H19BrClNO5/c15-10-3-4-12(11(16)6-10)22-5-1-2-13(21)17-14(7-18,8-19)9-20/h3-4,6,18-20H,1-2,5,7-9H2,(H,17,21). The number of carbonyl (C=O) groups is 1. The van der Waals surface area contributed by atoms with Gasteiger partial charge in [-0.3, -0.25) is 4.79 Å². The van der Waals surface area contributed by atoms with E-state index in [0.717, 1.165) is 4.47 Å². The van der Waals surface area contributed by atoms with E-state index in [1.54, 1.807) is 18.2 Å². The van der Waals surface area contributed by atoms with Gasteiger partial charge in [-0.2, -0.15) is 0 Å². The fourth-order valence-corrected chi connectivity index (χ4v) is 2.36. The lowest BCUT2D eigenvalue weighted by molar-refractivity contribution is -0.125. The van der Waals surface area contributed by atoms with Gasteiger partial charge in [0.25, 0.3) is 0 Å². The molecule has 124 valence electrons. The normalized spacial score (nSPS) is 11.3. The maximum Gasteiger partial charge on any atom is 0.220 e. The van der Waals surface area contributed by atoms with Gasteiger partial charge in [-0.15, -0.1) is 0 Å². The van der Waals surface area contributed by atoms with Gasteiger partial charge in [0.15, 0.2) is 0 Å². The van der Waals surface area contributed by atoms with Crippen molar-refractivity contribution in [2.75, 3.05) is 26.4 Å². The molecule has 0 unspecified atom stereocenters. The van der Waals surface area contributed by atoms with Crippen LogP contribution in [-0.2, 0) is 4.79 Å². The van der Waals surface area contributed by atoms with E-state index in [1.165, 1.54) is 0 Å². The summed E-state index contributed by atoms with van der Waals surface area (Å²) in [6.45, 7) is -1.34. The van der Waals surface area contributed by atoms with Crippen molar-refractivity contribution >= 4 is 33.4 Å². The van der Waals surface area contributed by atoms with Crippen molar-refractivity contribution < 1.29 is 24.9 Å². The van der Waals surface area contributed by atoms with E-state index in [-0.39, 0.29) is 12.3 Å². The second-order valence-electron chi connectivity index (χ2n) is 4.83. The number of nitrogens with one attached hydrogen (secondary N) is 1. The minimum Gasteiger partial charge on any atom is -0.492 e. The molecule has 1 rings (SSSR count). The monoisotopic (exact) mass is 395 g/mol. The Balaban J connectivity index is 2.36. The first-order valence-electron chi connectivity index (χ1n) is 6.68. The maximum absolute atomic E-state index is 11.7. The minimum atomic E-state index is -1.40. The van der Waals surface area contributed by atoms with E-state index in [0.29, 0.717) is 23.8 Å². The molecule has 0 fully saturated rings. The van der Waals surface area contributed by atoms with E-state index in [2.05, 4.69) is 21.2 Å². The summed E-state index contributed by atoms with van der Waals surface area (Å²) in [5.74, 6) is 0.142. The fraction of sp³-hybridized carbons (Fsp3) is 0.500. The van der Waals surface area contributed by atoms with Crippen LogP contribution in [0.3, 0.4) is 0 Å². The van der Waals surface area contributed by atoms with Crippen LogP contribution in [0, 0.1) is 0 Å². The van der Waals surface area contributed by atoms with Crippen LogP contribution in [0.1, 0.15) is 12.8 Å². The van der Waals surface area contributed by atoms with Gasteiger partial charge in [-0.25, -0.2) is 0 Å². The van der Waals surface area contributed by atoms with Gasteiger partial charge in [0.05, 0.1) is 31.5 Å². The van der Waals surface area contributed by atoms with Gasteiger partial charge in [-0.1, -0.05) is 27.5 Å². The van der Waals surface area contributed by atoms with Crippen molar-refractivity contribution in [1.29, 1.82) is 0 Å². The van der Waals surface area contributed by atoms with Crippen molar-refractivity contribution in [3.05, 3.63) is 27.7 Å². The predicted octanol–water partition coefficient (Wildman–Crippen LogP) is 1.09. The Bertz CT molecular complexity index is 488. The number of carbonyl (C=O) groups excluding carboxylic acids is 1. The average Bonchev–Trinajstić information content (AvgIpc) is 2.51. The van der Waals surface area contributed by atoms with Crippen molar-refractivity contribution in [2.45, 2.75) is 18.4 Å². The molecule has 22 heavy (non-hydrogen) atoms. The number of hydrogen-bond donors (Lipinski definition) is 4. The summed E-state index contributed by atoms with van der Waals surface area (Å²) in [5.41, 5.74) is -1.40. The van der Waals surface area contributed by atoms with Crippen LogP contribution in [0.25, 0.3) is 0 Å². The SMILES string of the molecule is O=C(CCCOc1ccc(Br)cc1Cl)NC(CO)(CO)CO. The zero-order chi connectivity index (χ0) is 16.6. The van der Waals surface area contributed by atoms with Gasteiger partial charge in [-0.05, 0) is 24.6 Å². The number of halogens is 2. The summed E-state index contributed by atoms with van der Waals surface area (Å²) in [6.07, 6.45) is 0.562. The van der Waals surface area contributed by atoms with E-state index >= 15 is 0 Å². The highest BCUT2D eigenvalue weighted by Crippen LogP contribution is 2.27. The third-order valence-electron chi connectivity index (χ3n) is 3.01. The maximum atomic E-state index is 11.7. The molecule has 0 aliphatic rings. The molecule has 1 aromatic rings. The summed E-state index contributed by atoms with van der Waals surface area (Å²) in [5, 5.41) is 30.3. The van der Waals surface area contributed by atoms with E-state index in [9.17, 15) is 4.79 Å². The molecule has 0 bridgehead atoms. The molecule has 8 heteroatoms. The predicted molar refractivity (Wildman–Crippen MR) is 86.0 cm³/mol. The lowest BCUT2D eigenvalue weighted by Gasteiger charge is -2.28. The molecule has 1 amide bonds. The molecule has 0 heterocycles. The lowest BCUT2D eigenvalue weighted by Crippen LogP contribution is -2.57. The third kappa shape index (κ3) is 5.73. The molecule has 1 aromatic carbocycles. The van der Waals surface area contributed by atoms with Crippen molar-refractivity contribution in [2.24, 2.45) is 0 Å². The molecule has 0 aliphatic heterocycles. The highest BCUT2D eigenvalue weighted by Gasteiger charge is 2.29. The minimum absolute atomic E-state index is 0.135. The summed E-state index contributed by atoms with van der Waals surface area (Å²) < 4.78 is 6.32. The molecular formula is C14H19BrClNO5. The molecular weight excluding hydrogens is 378 g/mol. The van der Waals surface area contributed by atoms with E-state index in [1.807, 2.05) is 0 Å². The number of aliphatic hydroxyl groups is 3. The van der Waals surface area contributed by atoms with Gasteiger partial charge < -0.3 is 25.4 Å². The Hall–Kier alpha value is -0.860. The zero-order valence-electron chi connectivity index (χ0n) is 11.9. The first kappa shape index (κ1) is 19.2. The molecule has 0 spiro atoms. The number of aliphatic hydroxyl groups excluding tert-OH is 3. The molecule has 0 saturated heterocycles. The number of ether oxygens (including phenoxy) is 1. The Morgan fingerprint density at radius 3 is 2.45 bits per heavy atom. The molecule has 4 N–H and O–H groups in total. The number of rotatable bonds is 9. The Morgan fingerprint density at radius 1 is 1.27 bits per heavy atom. The first-order valence-corrected chi connectivity index (χ1v) is 7.85. The molecule has 0 radical (unpaired) electrons. The molecule has 0 atom stereocenters. The summed E-state index contributed by atoms with van der Waals surface area (Å²) in [7, 11) is 0. The quantitative estimate of drug-likeness (QED) is 0.468. The molecule has 0 aromatic heterocycles. The van der Waals surface area contributed by atoms with Gasteiger partial charge in [0.1, 0.15) is 11.3 Å². The second-order valence-corrected chi connectivity index (χ2v) is 6.15. The number of benzene rings is 1. The van der Waals surface area contributed by atoms with Crippen LogP contribution >= 0.6 is 27.5 Å². The summed E-state index contributed by atoms with van der Waals surface area (Å²) in [6, 6.07) is 5.23. The van der Waals surface area contributed by atoms with Crippen LogP contribution < -0.4 is 10.1 Å². The third-order valence-corrected chi connectivity index (χ3v) is 3.80. The molecule has 0 saturated carbocycles. The zero-order valence-corrected chi connectivity index (χ0v) is 14.2. The first-order chi connectivity index (χ1) is 10.5. The Labute approximate surface area is 142 Å². The van der Waals surface area contributed by atoms with Crippen molar-refractivity contribution in [3.8, 4) is 5.75 Å². The lowest BCUT2D eigenvalue weighted by atomic mass is 10.0. The van der Waals surface area contributed by atoms with Crippen molar-refractivity contribution in [1.82, 2.24) is 5.32 Å². The molecule has 0 aliphatic carbocycles. The highest BCUT2D eigenvalue weighted by molar-refractivity contribution is 9.10. The average molecular weight is 397 g/mol. The van der Waals surface area contributed by atoms with E-state index < -0.39 is 25.4 Å². The number of amides is 1. The van der Waals surface area contributed by atoms with Crippen LogP contribution in [0.2, 0.25) is 5.02 Å². The van der Waals surface area contributed by atoms with Crippen LogP contribution in [0.15, 0.2) is 22.7 Å². The Kier molecular flexibility index (Phi) is 8.13. The Morgan fingerprint density at radius 2 is 1.91 bits per heavy atom. The fourth-order valence-electron chi connectivity index (χ4n) is 1.63. The number of hydrogen-bond acceptors (Lipinski definition) is 5. The van der Waals surface area contributed by atoms with Crippen LogP contribution in [0.5, 0.6) is 5.75 Å². The van der Waals surface area contributed by atoms with Gasteiger partial charge in [0, 0.05) is 10.9 Å². The topological polar surface area (TPSA) is 99.0 Å². The largest absolute Gasteiger partial charge is 0.492 e. The van der Waals surface area contributed by atoms with E-state index in [4.69, 9.17) is 31.7 Å². The summed E-state index contributed by atoms with van der Waals surface area (Å²) >= 11 is 9.29.